The first-order valence-corrected chi connectivity index (χ1v) is 6.08. The van der Waals surface area contributed by atoms with Crippen molar-refractivity contribution in [2.75, 3.05) is 19.6 Å². The van der Waals surface area contributed by atoms with Gasteiger partial charge in [-0.05, 0) is 12.0 Å². The Morgan fingerprint density at radius 1 is 1.31 bits per heavy atom. The Bertz CT molecular complexity index is 239. The van der Waals surface area contributed by atoms with Crippen LogP contribution < -0.4 is 0 Å². The summed E-state index contributed by atoms with van der Waals surface area (Å²) in [7, 11) is 0. The molecule has 1 aliphatic heterocycles. The molecule has 0 saturated heterocycles. The molecular weight excluding hydrogens is 208 g/mol. The Balaban J connectivity index is 0.00000106. The van der Waals surface area contributed by atoms with E-state index in [1.807, 2.05) is 41.5 Å². The van der Waals surface area contributed by atoms with Gasteiger partial charge >= 0.3 is 0 Å². The number of alkyl halides is 2. The summed E-state index contributed by atoms with van der Waals surface area (Å²) in [5, 5.41) is 0. The lowest BCUT2D eigenvalue weighted by molar-refractivity contribution is -0.0177. The van der Waals surface area contributed by atoms with Crippen molar-refractivity contribution in [2.24, 2.45) is 5.41 Å². The van der Waals surface area contributed by atoms with Gasteiger partial charge in [0.25, 0.3) is 5.92 Å². The monoisotopic (exact) mass is 233 g/mol. The van der Waals surface area contributed by atoms with Gasteiger partial charge in [0.15, 0.2) is 0 Å². The predicted octanol–water partition coefficient (Wildman–Crippen LogP) is 3.96. The highest BCUT2D eigenvalue weighted by Crippen LogP contribution is 2.40. The second-order valence-electron chi connectivity index (χ2n) is 4.90. The van der Waals surface area contributed by atoms with Crippen LogP contribution in [0.4, 0.5) is 8.78 Å². The highest BCUT2D eigenvalue weighted by molar-refractivity contribution is 5.23. The van der Waals surface area contributed by atoms with Gasteiger partial charge in [-0.15, -0.1) is 0 Å². The van der Waals surface area contributed by atoms with Gasteiger partial charge in [0.1, 0.15) is 0 Å². The summed E-state index contributed by atoms with van der Waals surface area (Å²) in [4.78, 5) is 1.76. The van der Waals surface area contributed by atoms with E-state index in [-0.39, 0.29) is 12.1 Å². The van der Waals surface area contributed by atoms with Gasteiger partial charge in [-0.1, -0.05) is 47.6 Å². The summed E-state index contributed by atoms with van der Waals surface area (Å²) in [6.07, 6.45) is 1.69. The van der Waals surface area contributed by atoms with Gasteiger partial charge < -0.3 is 0 Å². The minimum Gasteiger partial charge on any atom is -0.294 e. The molecule has 1 heterocycles. The van der Waals surface area contributed by atoms with Crippen LogP contribution in [0.2, 0.25) is 0 Å². The largest absolute Gasteiger partial charge is 0.294 e. The van der Waals surface area contributed by atoms with Crippen LogP contribution in [0.25, 0.3) is 0 Å². The Morgan fingerprint density at radius 3 is 2.12 bits per heavy atom. The molecule has 1 aliphatic rings. The first-order chi connectivity index (χ1) is 7.27. The number of hydrogen-bond acceptors (Lipinski definition) is 1. The lowest BCUT2D eigenvalue weighted by atomic mass is 9.81. The molecule has 0 saturated carbocycles. The molecule has 1 rings (SSSR count). The molecule has 0 aromatic rings. The normalized spacial score (nSPS) is 20.9. The standard InChI is InChI=1S/C11H19F2N.C2H6/c1-5-14-7-6-9(10(2,3)4)11(12,13)8-14;1-2/h6H,5,7-8H2,1-4H3;1-2H3. The molecule has 3 heteroatoms. The summed E-state index contributed by atoms with van der Waals surface area (Å²) in [6.45, 7) is 12.6. The minimum atomic E-state index is -2.66. The molecule has 0 atom stereocenters. The van der Waals surface area contributed by atoms with Crippen molar-refractivity contribution in [3.8, 4) is 0 Å². The number of hydrogen-bond donors (Lipinski definition) is 0. The van der Waals surface area contributed by atoms with Crippen molar-refractivity contribution in [3.63, 3.8) is 0 Å². The van der Waals surface area contributed by atoms with Gasteiger partial charge in [0.2, 0.25) is 0 Å². The highest BCUT2D eigenvalue weighted by Gasteiger charge is 2.43. The number of nitrogens with zero attached hydrogens (tertiary/aromatic N) is 1. The van der Waals surface area contributed by atoms with Gasteiger partial charge in [-0.25, -0.2) is 8.78 Å². The zero-order valence-corrected chi connectivity index (χ0v) is 11.4. The maximum atomic E-state index is 13.7. The van der Waals surface area contributed by atoms with Crippen LogP contribution in [0.3, 0.4) is 0 Å². The fourth-order valence-corrected chi connectivity index (χ4v) is 1.90. The van der Waals surface area contributed by atoms with E-state index < -0.39 is 11.3 Å². The smallest absolute Gasteiger partial charge is 0.282 e. The highest BCUT2D eigenvalue weighted by atomic mass is 19.3. The quantitative estimate of drug-likeness (QED) is 0.620. The summed E-state index contributed by atoms with van der Waals surface area (Å²) < 4.78 is 27.4. The number of likely N-dealkylation sites (N-methyl/N-ethyl adjacent to an activating group) is 1. The second kappa shape index (κ2) is 5.76. The fourth-order valence-electron chi connectivity index (χ4n) is 1.90. The zero-order valence-electron chi connectivity index (χ0n) is 11.4. The van der Waals surface area contributed by atoms with E-state index in [4.69, 9.17) is 0 Å². The molecule has 0 aromatic heterocycles. The molecular formula is C13H25F2N. The van der Waals surface area contributed by atoms with Gasteiger partial charge in [0, 0.05) is 12.1 Å². The molecule has 96 valence electrons. The molecule has 0 aromatic carbocycles. The molecule has 0 bridgehead atoms. The van der Waals surface area contributed by atoms with E-state index >= 15 is 0 Å². The lowest BCUT2D eigenvalue weighted by Crippen LogP contribution is -2.45. The second-order valence-corrected chi connectivity index (χ2v) is 4.90. The van der Waals surface area contributed by atoms with Crippen LogP contribution in [0.1, 0.15) is 41.5 Å². The Labute approximate surface area is 98.5 Å². The van der Waals surface area contributed by atoms with Crippen LogP contribution in [0.15, 0.2) is 11.6 Å². The van der Waals surface area contributed by atoms with Crippen molar-refractivity contribution in [3.05, 3.63) is 11.6 Å². The molecule has 16 heavy (non-hydrogen) atoms. The zero-order chi connectivity index (χ0) is 13.0. The van der Waals surface area contributed by atoms with Crippen LogP contribution in [0, 0.1) is 5.41 Å². The molecule has 0 fully saturated rings. The van der Waals surface area contributed by atoms with E-state index in [1.54, 1.807) is 11.0 Å². The average Bonchev–Trinajstić information content (AvgIpc) is 2.17. The van der Waals surface area contributed by atoms with Gasteiger partial charge in [-0.3, -0.25) is 4.90 Å². The van der Waals surface area contributed by atoms with Gasteiger partial charge in [0.05, 0.1) is 6.54 Å². The van der Waals surface area contributed by atoms with Crippen LogP contribution in [0.5, 0.6) is 0 Å². The van der Waals surface area contributed by atoms with Crippen LogP contribution in [-0.4, -0.2) is 30.5 Å². The van der Waals surface area contributed by atoms with Gasteiger partial charge in [-0.2, -0.15) is 0 Å². The summed E-state index contributed by atoms with van der Waals surface area (Å²) in [5.74, 6) is -2.66. The summed E-state index contributed by atoms with van der Waals surface area (Å²) >= 11 is 0. The van der Waals surface area contributed by atoms with E-state index in [2.05, 4.69) is 0 Å². The van der Waals surface area contributed by atoms with E-state index in [0.717, 1.165) is 0 Å². The summed E-state index contributed by atoms with van der Waals surface area (Å²) in [6, 6.07) is 0. The third-order valence-electron chi connectivity index (χ3n) is 2.63. The van der Waals surface area contributed by atoms with E-state index in [9.17, 15) is 8.78 Å². The van der Waals surface area contributed by atoms with Crippen LogP contribution in [-0.2, 0) is 0 Å². The third-order valence-corrected chi connectivity index (χ3v) is 2.63. The first-order valence-electron chi connectivity index (χ1n) is 6.08. The number of rotatable bonds is 1. The first kappa shape index (κ1) is 15.6. The molecule has 0 N–H and O–H groups in total. The molecule has 0 radical (unpaired) electrons. The molecule has 0 amide bonds. The van der Waals surface area contributed by atoms with Crippen LogP contribution >= 0.6 is 0 Å². The van der Waals surface area contributed by atoms with Crippen molar-refractivity contribution in [2.45, 2.75) is 47.5 Å². The van der Waals surface area contributed by atoms with Crippen molar-refractivity contribution in [1.29, 1.82) is 0 Å². The summed E-state index contributed by atoms with van der Waals surface area (Å²) in [5.41, 5.74) is -0.140. The maximum absolute atomic E-state index is 13.7. The average molecular weight is 233 g/mol. The Hall–Kier alpha value is -0.440. The Morgan fingerprint density at radius 2 is 1.81 bits per heavy atom. The minimum absolute atomic E-state index is 0.132. The van der Waals surface area contributed by atoms with Crippen molar-refractivity contribution in [1.82, 2.24) is 4.90 Å². The third kappa shape index (κ3) is 3.85. The Kier molecular flexibility index (Phi) is 5.60. The molecule has 0 aliphatic carbocycles. The molecule has 0 unspecified atom stereocenters. The van der Waals surface area contributed by atoms with Crippen molar-refractivity contribution < 1.29 is 8.78 Å². The topological polar surface area (TPSA) is 3.24 Å². The predicted molar refractivity (Wildman–Crippen MR) is 65.9 cm³/mol. The van der Waals surface area contributed by atoms with E-state index in [0.29, 0.717) is 13.1 Å². The van der Waals surface area contributed by atoms with E-state index in [1.165, 1.54) is 0 Å². The van der Waals surface area contributed by atoms with Crippen molar-refractivity contribution >= 4 is 0 Å². The molecule has 0 spiro atoms. The lowest BCUT2D eigenvalue weighted by Gasteiger charge is -2.37. The maximum Gasteiger partial charge on any atom is 0.282 e. The number of halogens is 2. The molecule has 1 nitrogen and oxygen atoms in total. The SMILES string of the molecule is CC.CCN1CC=C(C(C)(C)C)C(F)(F)C1. The fraction of sp³-hybridized carbons (Fsp3) is 0.846.